The first-order valence-electron chi connectivity index (χ1n) is 7.04. The van der Waals surface area contributed by atoms with Crippen molar-refractivity contribution in [3.63, 3.8) is 0 Å². The van der Waals surface area contributed by atoms with Gasteiger partial charge in [0.1, 0.15) is 5.82 Å². The molecular weight excluding hydrogens is 273 g/mol. The van der Waals surface area contributed by atoms with E-state index < -0.39 is 5.97 Å². The molecule has 0 unspecified atom stereocenters. The van der Waals surface area contributed by atoms with Crippen molar-refractivity contribution in [3.8, 4) is 0 Å². The predicted octanol–water partition coefficient (Wildman–Crippen LogP) is 2.79. The second kappa shape index (κ2) is 7.22. The summed E-state index contributed by atoms with van der Waals surface area (Å²) in [6.07, 6.45) is 4.53. The largest absolute Gasteiger partial charge is 0.478 e. The Bertz CT molecular complexity index is 522. The molecule has 4 nitrogen and oxygen atoms in total. The summed E-state index contributed by atoms with van der Waals surface area (Å²) in [6.45, 7) is 2.50. The van der Waals surface area contributed by atoms with E-state index >= 15 is 0 Å². The molecule has 0 radical (unpaired) electrons. The number of hydrogen-bond acceptors (Lipinski definition) is 3. The minimum absolute atomic E-state index is 0.363. The summed E-state index contributed by atoms with van der Waals surface area (Å²) in [7, 11) is 1.71. The van der Waals surface area contributed by atoms with Gasteiger partial charge in [0, 0.05) is 44.1 Å². The maximum absolute atomic E-state index is 13.4. The van der Waals surface area contributed by atoms with Crippen molar-refractivity contribution in [2.24, 2.45) is 5.92 Å². The Morgan fingerprint density at radius 1 is 1.48 bits per heavy atom. The van der Waals surface area contributed by atoms with E-state index in [0.717, 1.165) is 44.3 Å². The van der Waals surface area contributed by atoms with Gasteiger partial charge in [-0.05, 0) is 43.0 Å². The second-order valence-corrected chi connectivity index (χ2v) is 5.26. The highest BCUT2D eigenvalue weighted by atomic mass is 19.1. The van der Waals surface area contributed by atoms with Crippen LogP contribution in [0.4, 0.5) is 10.1 Å². The molecule has 1 N–H and O–H groups in total. The molecule has 0 amide bonds. The van der Waals surface area contributed by atoms with Gasteiger partial charge in [0.2, 0.25) is 0 Å². The Morgan fingerprint density at radius 2 is 2.19 bits per heavy atom. The fourth-order valence-electron chi connectivity index (χ4n) is 2.68. The average molecular weight is 293 g/mol. The fraction of sp³-hybridized carbons (Fsp3) is 0.438. The summed E-state index contributed by atoms with van der Waals surface area (Å²) in [5, 5.41) is 8.73. The third-order valence-electron chi connectivity index (χ3n) is 3.75. The number of aliphatic carboxylic acids is 1. The molecule has 1 saturated heterocycles. The molecule has 0 atom stereocenters. The van der Waals surface area contributed by atoms with Crippen molar-refractivity contribution in [2.45, 2.75) is 12.8 Å². The standard InChI is InChI=1S/C16H20FNO3/c1-21-11-12-6-8-18(9-7-12)15-4-3-14(17)10-13(15)2-5-16(19)20/h2-5,10,12H,6-9,11H2,1H3,(H,19,20). The Kier molecular flexibility index (Phi) is 5.33. The van der Waals surface area contributed by atoms with Gasteiger partial charge in [-0.1, -0.05) is 0 Å². The van der Waals surface area contributed by atoms with Crippen LogP contribution in [0.2, 0.25) is 0 Å². The van der Waals surface area contributed by atoms with Crippen molar-refractivity contribution in [1.29, 1.82) is 0 Å². The van der Waals surface area contributed by atoms with Crippen molar-refractivity contribution in [3.05, 3.63) is 35.7 Å². The number of anilines is 1. The first-order chi connectivity index (χ1) is 10.1. The Morgan fingerprint density at radius 3 is 2.81 bits per heavy atom. The molecule has 0 spiro atoms. The van der Waals surface area contributed by atoms with Gasteiger partial charge in [-0.3, -0.25) is 0 Å². The molecule has 0 aliphatic carbocycles. The van der Waals surface area contributed by atoms with Crippen LogP contribution in [0.25, 0.3) is 6.08 Å². The van der Waals surface area contributed by atoms with Gasteiger partial charge in [-0.25, -0.2) is 9.18 Å². The van der Waals surface area contributed by atoms with Gasteiger partial charge >= 0.3 is 5.97 Å². The molecule has 2 rings (SSSR count). The van der Waals surface area contributed by atoms with Crippen LogP contribution in [-0.2, 0) is 9.53 Å². The number of methoxy groups -OCH3 is 1. The zero-order valence-electron chi connectivity index (χ0n) is 12.1. The quantitative estimate of drug-likeness (QED) is 0.848. The van der Waals surface area contributed by atoms with Crippen LogP contribution in [0.1, 0.15) is 18.4 Å². The Hall–Kier alpha value is -1.88. The molecule has 1 aromatic rings. The number of hydrogen-bond donors (Lipinski definition) is 1. The number of benzene rings is 1. The molecule has 1 aromatic carbocycles. The molecule has 1 aliphatic rings. The van der Waals surface area contributed by atoms with E-state index in [1.165, 1.54) is 18.2 Å². The number of piperidine rings is 1. The van der Waals surface area contributed by atoms with Crippen LogP contribution in [0.15, 0.2) is 24.3 Å². The summed E-state index contributed by atoms with van der Waals surface area (Å²) in [5.74, 6) is -0.841. The smallest absolute Gasteiger partial charge is 0.328 e. The fourth-order valence-corrected chi connectivity index (χ4v) is 2.68. The van der Waals surface area contributed by atoms with E-state index in [9.17, 15) is 9.18 Å². The lowest BCUT2D eigenvalue weighted by atomic mass is 9.96. The van der Waals surface area contributed by atoms with Gasteiger partial charge < -0.3 is 14.7 Å². The Labute approximate surface area is 123 Å². The van der Waals surface area contributed by atoms with Gasteiger partial charge in [0.15, 0.2) is 0 Å². The van der Waals surface area contributed by atoms with Crippen molar-refractivity contribution >= 4 is 17.7 Å². The average Bonchev–Trinajstić information content (AvgIpc) is 2.46. The first-order valence-corrected chi connectivity index (χ1v) is 7.04. The zero-order chi connectivity index (χ0) is 15.2. The minimum atomic E-state index is -1.04. The summed E-state index contributed by atoms with van der Waals surface area (Å²) in [6, 6.07) is 4.50. The van der Waals surface area contributed by atoms with E-state index in [-0.39, 0.29) is 5.82 Å². The summed E-state index contributed by atoms with van der Waals surface area (Å²) in [5.41, 5.74) is 1.48. The van der Waals surface area contributed by atoms with Crippen LogP contribution in [0.3, 0.4) is 0 Å². The lowest BCUT2D eigenvalue weighted by Gasteiger charge is -2.34. The van der Waals surface area contributed by atoms with Gasteiger partial charge in [0.05, 0.1) is 0 Å². The predicted molar refractivity (Wildman–Crippen MR) is 79.9 cm³/mol. The molecule has 1 aliphatic heterocycles. The van der Waals surface area contributed by atoms with Crippen LogP contribution < -0.4 is 4.90 Å². The highest BCUT2D eigenvalue weighted by Gasteiger charge is 2.20. The molecule has 0 saturated carbocycles. The summed E-state index contributed by atoms with van der Waals surface area (Å²) >= 11 is 0. The van der Waals surface area contributed by atoms with Gasteiger partial charge in [-0.15, -0.1) is 0 Å². The number of carbonyl (C=O) groups is 1. The molecule has 0 bridgehead atoms. The van der Waals surface area contributed by atoms with E-state index in [1.54, 1.807) is 13.2 Å². The zero-order valence-corrected chi connectivity index (χ0v) is 12.1. The molecule has 21 heavy (non-hydrogen) atoms. The molecule has 1 heterocycles. The maximum Gasteiger partial charge on any atom is 0.328 e. The number of rotatable bonds is 5. The summed E-state index contributed by atoms with van der Waals surface area (Å²) in [4.78, 5) is 12.8. The summed E-state index contributed by atoms with van der Waals surface area (Å²) < 4.78 is 18.6. The van der Waals surface area contributed by atoms with E-state index in [0.29, 0.717) is 11.5 Å². The monoisotopic (exact) mass is 293 g/mol. The third kappa shape index (κ3) is 4.29. The maximum atomic E-state index is 13.4. The van der Waals surface area contributed by atoms with E-state index in [2.05, 4.69) is 4.90 Å². The van der Waals surface area contributed by atoms with Crippen LogP contribution in [0.5, 0.6) is 0 Å². The molecule has 1 fully saturated rings. The Balaban J connectivity index is 2.14. The molecule has 0 aromatic heterocycles. The number of halogens is 1. The van der Waals surface area contributed by atoms with Gasteiger partial charge in [0.25, 0.3) is 0 Å². The number of carboxylic acids is 1. The van der Waals surface area contributed by atoms with Crippen LogP contribution in [-0.4, -0.2) is 37.9 Å². The third-order valence-corrected chi connectivity index (χ3v) is 3.75. The normalized spacial score (nSPS) is 16.6. The number of carboxylic acid groups (broad SMARTS) is 1. The topological polar surface area (TPSA) is 49.8 Å². The lowest BCUT2D eigenvalue weighted by Crippen LogP contribution is -2.35. The number of ether oxygens (including phenoxy) is 1. The minimum Gasteiger partial charge on any atom is -0.478 e. The molecular formula is C16H20FNO3. The van der Waals surface area contributed by atoms with Crippen LogP contribution >= 0.6 is 0 Å². The number of nitrogens with zero attached hydrogens (tertiary/aromatic N) is 1. The van der Waals surface area contributed by atoms with Crippen LogP contribution in [0, 0.1) is 11.7 Å². The highest BCUT2D eigenvalue weighted by molar-refractivity contribution is 5.87. The second-order valence-electron chi connectivity index (χ2n) is 5.26. The van der Waals surface area contributed by atoms with Crippen molar-refractivity contribution < 1.29 is 19.0 Å². The van der Waals surface area contributed by atoms with E-state index in [1.807, 2.05) is 0 Å². The van der Waals surface area contributed by atoms with E-state index in [4.69, 9.17) is 9.84 Å². The van der Waals surface area contributed by atoms with Crippen molar-refractivity contribution in [1.82, 2.24) is 0 Å². The molecule has 5 heteroatoms. The molecule has 114 valence electrons. The van der Waals surface area contributed by atoms with Gasteiger partial charge in [-0.2, -0.15) is 0 Å². The first kappa shape index (κ1) is 15.5. The lowest BCUT2D eigenvalue weighted by molar-refractivity contribution is -0.131. The highest BCUT2D eigenvalue weighted by Crippen LogP contribution is 2.28. The van der Waals surface area contributed by atoms with Crippen molar-refractivity contribution in [2.75, 3.05) is 31.7 Å². The SMILES string of the molecule is COCC1CCN(c2ccc(F)cc2C=CC(=O)O)CC1.